The van der Waals surface area contributed by atoms with Crippen LogP contribution in [0.1, 0.15) is 74.5 Å². The maximum atomic E-state index is 13.9. The SMILES string of the molecule is CCCCCCC[C@@H]1CCc2c(ccc3ccccc23)[C@H]1C#Cc1cc(F)c(Cl)c(F)c1. The number of benzene rings is 3. The van der Waals surface area contributed by atoms with Crippen molar-refractivity contribution in [1.82, 2.24) is 0 Å². The molecule has 166 valence electrons. The van der Waals surface area contributed by atoms with E-state index in [0.717, 1.165) is 19.3 Å². The Labute approximate surface area is 195 Å². The van der Waals surface area contributed by atoms with Crippen molar-refractivity contribution in [1.29, 1.82) is 0 Å². The first kappa shape index (κ1) is 22.8. The van der Waals surface area contributed by atoms with Crippen molar-refractivity contribution in [2.24, 2.45) is 5.92 Å². The summed E-state index contributed by atoms with van der Waals surface area (Å²) in [5.41, 5.74) is 2.98. The molecule has 0 heterocycles. The molecule has 0 unspecified atom stereocenters. The monoisotopic (exact) mass is 450 g/mol. The van der Waals surface area contributed by atoms with Crippen molar-refractivity contribution < 1.29 is 8.78 Å². The molecule has 32 heavy (non-hydrogen) atoms. The molecular weight excluding hydrogens is 422 g/mol. The predicted octanol–water partition coefficient (Wildman–Crippen LogP) is 8.83. The van der Waals surface area contributed by atoms with Gasteiger partial charge in [-0.25, -0.2) is 8.78 Å². The number of hydrogen-bond donors (Lipinski definition) is 0. The average molecular weight is 451 g/mol. The van der Waals surface area contributed by atoms with Gasteiger partial charge < -0.3 is 0 Å². The van der Waals surface area contributed by atoms with Crippen LogP contribution in [-0.2, 0) is 6.42 Å². The van der Waals surface area contributed by atoms with Crippen molar-refractivity contribution >= 4 is 22.4 Å². The smallest absolute Gasteiger partial charge is 0.146 e. The minimum absolute atomic E-state index is 0.0660. The first-order valence-corrected chi connectivity index (χ1v) is 12.1. The molecule has 4 rings (SSSR count). The van der Waals surface area contributed by atoms with E-state index in [4.69, 9.17) is 11.6 Å². The molecule has 1 aliphatic carbocycles. The summed E-state index contributed by atoms with van der Waals surface area (Å²) in [6.07, 6.45) is 9.56. The lowest BCUT2D eigenvalue weighted by atomic mass is 9.72. The Kier molecular flexibility index (Phi) is 7.48. The Balaban J connectivity index is 1.67. The van der Waals surface area contributed by atoms with Crippen molar-refractivity contribution in [2.45, 2.75) is 64.2 Å². The van der Waals surface area contributed by atoms with Gasteiger partial charge in [0.05, 0.1) is 0 Å². The van der Waals surface area contributed by atoms with E-state index >= 15 is 0 Å². The number of rotatable bonds is 6. The summed E-state index contributed by atoms with van der Waals surface area (Å²) in [6, 6.07) is 15.3. The molecule has 3 aromatic rings. The molecule has 0 aliphatic heterocycles. The zero-order valence-corrected chi connectivity index (χ0v) is 19.3. The normalized spacial score (nSPS) is 17.6. The summed E-state index contributed by atoms with van der Waals surface area (Å²) in [4.78, 5) is 0. The van der Waals surface area contributed by atoms with E-state index in [-0.39, 0.29) is 5.92 Å². The van der Waals surface area contributed by atoms with E-state index in [1.807, 2.05) is 0 Å². The minimum atomic E-state index is -0.765. The highest BCUT2D eigenvalue weighted by atomic mass is 35.5. The fourth-order valence-corrected chi connectivity index (χ4v) is 5.09. The van der Waals surface area contributed by atoms with Crippen LogP contribution in [0.2, 0.25) is 5.02 Å². The van der Waals surface area contributed by atoms with Gasteiger partial charge in [-0.1, -0.05) is 98.9 Å². The summed E-state index contributed by atoms with van der Waals surface area (Å²) in [7, 11) is 0. The maximum absolute atomic E-state index is 13.9. The number of hydrogen-bond acceptors (Lipinski definition) is 0. The van der Waals surface area contributed by atoms with Gasteiger partial charge in [-0.3, -0.25) is 0 Å². The topological polar surface area (TPSA) is 0 Å². The van der Waals surface area contributed by atoms with Gasteiger partial charge in [0.2, 0.25) is 0 Å². The van der Waals surface area contributed by atoms with Gasteiger partial charge in [0.1, 0.15) is 16.7 Å². The molecule has 0 nitrogen and oxygen atoms in total. The molecule has 0 saturated carbocycles. The molecule has 0 bridgehead atoms. The first-order valence-electron chi connectivity index (χ1n) is 11.7. The second-order valence-corrected chi connectivity index (χ2v) is 9.23. The molecule has 0 fully saturated rings. The third-order valence-electron chi connectivity index (χ3n) is 6.68. The fraction of sp³-hybridized carbons (Fsp3) is 0.379. The minimum Gasteiger partial charge on any atom is -0.205 e. The van der Waals surface area contributed by atoms with E-state index in [2.05, 4.69) is 55.2 Å². The third kappa shape index (κ3) is 5.00. The van der Waals surface area contributed by atoms with Crippen LogP contribution in [0.4, 0.5) is 8.78 Å². The summed E-state index contributed by atoms with van der Waals surface area (Å²) in [6.45, 7) is 2.23. The van der Waals surface area contributed by atoms with Gasteiger partial charge in [-0.15, -0.1) is 0 Å². The average Bonchev–Trinajstić information content (AvgIpc) is 2.81. The van der Waals surface area contributed by atoms with Gasteiger partial charge in [-0.2, -0.15) is 0 Å². The lowest BCUT2D eigenvalue weighted by Crippen LogP contribution is -2.20. The van der Waals surface area contributed by atoms with Crippen molar-refractivity contribution in [2.75, 3.05) is 0 Å². The Morgan fingerprint density at radius 3 is 2.50 bits per heavy atom. The summed E-state index contributed by atoms with van der Waals surface area (Å²) >= 11 is 5.64. The van der Waals surface area contributed by atoms with Crippen LogP contribution < -0.4 is 0 Å². The highest BCUT2D eigenvalue weighted by molar-refractivity contribution is 6.30. The van der Waals surface area contributed by atoms with Crippen LogP contribution in [0.5, 0.6) is 0 Å². The van der Waals surface area contributed by atoms with Crippen LogP contribution in [0.25, 0.3) is 10.8 Å². The van der Waals surface area contributed by atoms with Crippen LogP contribution in [0, 0.1) is 29.4 Å². The highest BCUT2D eigenvalue weighted by Crippen LogP contribution is 2.41. The third-order valence-corrected chi connectivity index (χ3v) is 7.04. The van der Waals surface area contributed by atoms with Gasteiger partial charge in [0.15, 0.2) is 0 Å². The van der Waals surface area contributed by atoms with Gasteiger partial charge in [0.25, 0.3) is 0 Å². The molecule has 0 N–H and O–H groups in total. The van der Waals surface area contributed by atoms with E-state index < -0.39 is 16.7 Å². The zero-order valence-electron chi connectivity index (χ0n) is 18.6. The van der Waals surface area contributed by atoms with Crippen LogP contribution in [0.3, 0.4) is 0 Å². The molecule has 3 aromatic carbocycles. The van der Waals surface area contributed by atoms with E-state index in [1.165, 1.54) is 66.1 Å². The number of aryl methyl sites for hydroxylation is 1. The maximum Gasteiger partial charge on any atom is 0.146 e. The quantitative estimate of drug-likeness (QED) is 0.200. The number of unbranched alkanes of at least 4 members (excludes halogenated alkanes) is 4. The van der Waals surface area contributed by atoms with Gasteiger partial charge in [-0.05, 0) is 59.2 Å². The van der Waals surface area contributed by atoms with Crippen molar-refractivity contribution in [3.05, 3.63) is 81.9 Å². The number of halogens is 3. The summed E-state index contributed by atoms with van der Waals surface area (Å²) in [5, 5.41) is 2.06. The Hall–Kier alpha value is -2.37. The lowest BCUT2D eigenvalue weighted by molar-refractivity contribution is 0.380. The molecule has 0 aromatic heterocycles. The first-order chi connectivity index (χ1) is 15.6. The van der Waals surface area contributed by atoms with Crippen LogP contribution in [0.15, 0.2) is 48.5 Å². The molecule has 0 saturated heterocycles. The molecule has 0 amide bonds. The van der Waals surface area contributed by atoms with Crippen LogP contribution >= 0.6 is 11.6 Å². The van der Waals surface area contributed by atoms with Gasteiger partial charge >= 0.3 is 0 Å². The Bertz CT molecular complexity index is 1130. The van der Waals surface area contributed by atoms with E-state index in [1.54, 1.807) is 0 Å². The van der Waals surface area contributed by atoms with Crippen molar-refractivity contribution in [3.8, 4) is 11.8 Å². The zero-order chi connectivity index (χ0) is 22.5. The second-order valence-electron chi connectivity index (χ2n) is 8.86. The summed E-state index contributed by atoms with van der Waals surface area (Å²) < 4.78 is 27.8. The summed E-state index contributed by atoms with van der Waals surface area (Å²) in [5.74, 6) is 5.47. The Morgan fingerprint density at radius 2 is 1.72 bits per heavy atom. The van der Waals surface area contributed by atoms with Gasteiger partial charge in [0, 0.05) is 11.5 Å². The van der Waals surface area contributed by atoms with Crippen LogP contribution in [-0.4, -0.2) is 0 Å². The molecule has 2 atom stereocenters. The highest BCUT2D eigenvalue weighted by Gasteiger charge is 2.29. The number of fused-ring (bicyclic) bond motifs is 3. The standard InChI is InChI=1S/C29H29ClF2/c1-2-3-4-5-6-9-22-14-16-25-23-11-8-7-10-21(23)13-17-26(25)24(22)15-12-20-18-27(31)29(30)28(32)19-20/h7-8,10-11,13,17-19,22,24H,2-6,9,14,16H2,1H3/t22-,24+/m1/s1. The molecule has 0 radical (unpaired) electrons. The molecule has 0 spiro atoms. The largest absolute Gasteiger partial charge is 0.205 e. The molecule has 1 aliphatic rings. The molecule has 3 heteroatoms. The fourth-order valence-electron chi connectivity index (χ4n) is 4.98. The Morgan fingerprint density at radius 1 is 0.969 bits per heavy atom. The van der Waals surface area contributed by atoms with E-state index in [0.29, 0.717) is 11.5 Å². The van der Waals surface area contributed by atoms with E-state index in [9.17, 15) is 8.78 Å². The van der Waals surface area contributed by atoms with Crippen molar-refractivity contribution in [3.63, 3.8) is 0 Å². The second kappa shape index (κ2) is 10.5. The lowest BCUT2D eigenvalue weighted by Gasteiger charge is -2.31. The predicted molar refractivity (Wildman–Crippen MR) is 130 cm³/mol. The molecular formula is C29H29ClF2.